The number of rotatable bonds is 5. The van der Waals surface area contributed by atoms with Gasteiger partial charge in [0.15, 0.2) is 0 Å². The third kappa shape index (κ3) is 6.63. The lowest BCUT2D eigenvalue weighted by Crippen LogP contribution is -2.25. The molecule has 0 saturated carbocycles. The van der Waals surface area contributed by atoms with E-state index in [9.17, 15) is 18.0 Å². The van der Waals surface area contributed by atoms with Crippen molar-refractivity contribution in [2.75, 3.05) is 29.6 Å². The van der Waals surface area contributed by atoms with Crippen LogP contribution in [0, 0.1) is 5.41 Å². The number of hydrogen-bond acceptors (Lipinski definition) is 8. The van der Waals surface area contributed by atoms with Crippen LogP contribution in [0.5, 0.6) is 0 Å². The van der Waals surface area contributed by atoms with Crippen molar-refractivity contribution < 1.29 is 27.3 Å². The number of amidine groups is 1. The Morgan fingerprint density at radius 1 is 1.30 bits per heavy atom. The summed E-state index contributed by atoms with van der Waals surface area (Å²) in [6.45, 7) is 1.84. The van der Waals surface area contributed by atoms with Crippen LogP contribution in [0.2, 0.25) is 4.34 Å². The van der Waals surface area contributed by atoms with Gasteiger partial charge in [0.25, 0.3) is 28.0 Å². The Balaban J connectivity index is 0.000000586. The zero-order valence-corrected chi connectivity index (χ0v) is 21.9. The molecule has 194 valence electrons. The van der Waals surface area contributed by atoms with Gasteiger partial charge in [-0.1, -0.05) is 23.7 Å². The van der Waals surface area contributed by atoms with Gasteiger partial charge in [-0.2, -0.15) is 8.42 Å². The Bertz CT molecular complexity index is 1470. The Labute approximate surface area is 221 Å². The number of thiophene rings is 1. The summed E-state index contributed by atoms with van der Waals surface area (Å²) in [4.78, 5) is 33.8. The topological polar surface area (TPSA) is 153 Å². The van der Waals surface area contributed by atoms with Crippen molar-refractivity contribution in [1.29, 1.82) is 5.41 Å². The van der Waals surface area contributed by atoms with E-state index in [1.165, 1.54) is 17.5 Å². The fourth-order valence-corrected chi connectivity index (χ4v) is 4.76. The van der Waals surface area contributed by atoms with Gasteiger partial charge in [-0.25, -0.2) is 0 Å². The number of pyridine rings is 1. The van der Waals surface area contributed by atoms with E-state index in [2.05, 4.69) is 10.3 Å². The zero-order chi connectivity index (χ0) is 26.7. The summed E-state index contributed by atoms with van der Waals surface area (Å²) in [6, 6.07) is 12.9. The molecule has 5 rings (SSSR count). The Kier molecular flexibility index (Phi) is 7.78. The number of amides is 2. The number of nitrogens with zero attached hydrogens (tertiary/aromatic N) is 3. The van der Waals surface area contributed by atoms with E-state index in [1.807, 2.05) is 24.3 Å². The van der Waals surface area contributed by atoms with E-state index in [0.29, 0.717) is 58.7 Å². The van der Waals surface area contributed by atoms with Crippen LogP contribution < -0.4 is 10.2 Å². The highest BCUT2D eigenvalue weighted by molar-refractivity contribution is 7.85. The second kappa shape index (κ2) is 10.8. The first-order chi connectivity index (χ1) is 17.5. The molecule has 11 nitrogen and oxygen atoms in total. The number of fused-ring (bicyclic) bond motifs is 1. The van der Waals surface area contributed by atoms with Gasteiger partial charge < -0.3 is 15.0 Å². The molecule has 3 N–H and O–H groups in total. The maximum atomic E-state index is 13.0. The molecular formula is C23H22ClN5O6S2. The van der Waals surface area contributed by atoms with Gasteiger partial charge >= 0.3 is 0 Å². The van der Waals surface area contributed by atoms with Crippen LogP contribution in [0.15, 0.2) is 48.7 Å². The van der Waals surface area contributed by atoms with Crippen molar-refractivity contribution in [3.63, 3.8) is 0 Å². The van der Waals surface area contributed by atoms with Crippen molar-refractivity contribution in [3.8, 4) is 0 Å². The minimum atomic E-state index is -3.67. The quantitative estimate of drug-likeness (QED) is 0.399. The van der Waals surface area contributed by atoms with E-state index in [-0.39, 0.29) is 17.8 Å². The second-order valence-corrected chi connectivity index (χ2v) is 11.3. The molecule has 0 radical (unpaired) electrons. The number of carbonyl (C=O) groups is 2. The predicted octanol–water partition coefficient (Wildman–Crippen LogP) is 3.48. The van der Waals surface area contributed by atoms with Crippen molar-refractivity contribution >= 4 is 62.3 Å². The number of hydrogen-bond donors (Lipinski definition) is 3. The molecule has 2 aromatic heterocycles. The maximum Gasteiger partial charge on any atom is 0.289 e. The molecule has 1 aromatic carbocycles. The minimum absolute atomic E-state index is 0.128. The van der Waals surface area contributed by atoms with Crippen molar-refractivity contribution in [3.05, 3.63) is 74.7 Å². The van der Waals surface area contributed by atoms with E-state index in [4.69, 9.17) is 26.3 Å². The molecule has 4 heterocycles. The summed E-state index contributed by atoms with van der Waals surface area (Å²) >= 11 is 7.13. The lowest BCUT2D eigenvalue weighted by atomic mass is 10.1. The summed E-state index contributed by atoms with van der Waals surface area (Å²) in [6.07, 6.45) is 2.24. The van der Waals surface area contributed by atoms with Gasteiger partial charge in [0.2, 0.25) is 0 Å². The van der Waals surface area contributed by atoms with Gasteiger partial charge in [-0.15, -0.1) is 11.3 Å². The summed E-state index contributed by atoms with van der Waals surface area (Å²) in [5.41, 5.74) is 3.39. The molecular weight excluding hydrogens is 542 g/mol. The molecule has 0 unspecified atom stereocenters. The molecule has 0 aliphatic carbocycles. The standard InChI is InChI=1S/C22H18ClN5O3S.CH4O3S/c23-18-5-4-17(32-18)20(29)26-16-6-7-25-19-15(16)12-27(21(19)30)11-13-2-1-3-14(10-13)28-8-9-31-22(28)24;1-5(2,3)4/h1-7,10,24H,8-9,11-12H2,(H,25,26,29);1H3,(H,2,3,4). The normalized spacial score (nSPS) is 14.7. The largest absolute Gasteiger partial charge is 0.463 e. The number of benzene rings is 1. The SMILES string of the molecule is CS(=O)(=O)O.N=C1OCCN1c1cccc(CN2Cc3c(NC(=O)c4ccc(Cl)s4)ccnc3C2=O)c1. The molecule has 37 heavy (non-hydrogen) atoms. The molecule has 2 aliphatic rings. The van der Waals surface area contributed by atoms with Crippen LogP contribution in [0.25, 0.3) is 0 Å². The molecule has 1 fully saturated rings. The van der Waals surface area contributed by atoms with Crippen LogP contribution in [-0.2, 0) is 27.9 Å². The number of carbonyl (C=O) groups excluding carboxylic acids is 2. The maximum absolute atomic E-state index is 13.0. The summed E-state index contributed by atoms with van der Waals surface area (Å²) < 4.78 is 31.6. The van der Waals surface area contributed by atoms with E-state index in [1.54, 1.807) is 28.0 Å². The van der Waals surface area contributed by atoms with Crippen LogP contribution in [-0.4, -0.2) is 60.1 Å². The van der Waals surface area contributed by atoms with E-state index < -0.39 is 10.1 Å². The second-order valence-electron chi connectivity index (χ2n) is 8.11. The molecule has 2 amide bonds. The highest BCUT2D eigenvalue weighted by atomic mass is 35.5. The average Bonchev–Trinajstić information content (AvgIpc) is 3.53. The third-order valence-electron chi connectivity index (χ3n) is 5.33. The third-order valence-corrected chi connectivity index (χ3v) is 6.56. The molecule has 2 aliphatic heterocycles. The minimum Gasteiger partial charge on any atom is -0.463 e. The highest BCUT2D eigenvalue weighted by Gasteiger charge is 2.31. The van der Waals surface area contributed by atoms with Crippen molar-refractivity contribution in [1.82, 2.24) is 9.88 Å². The van der Waals surface area contributed by atoms with Gasteiger partial charge in [0.1, 0.15) is 12.3 Å². The van der Waals surface area contributed by atoms with Crippen LogP contribution >= 0.6 is 22.9 Å². The van der Waals surface area contributed by atoms with Crippen molar-refractivity contribution in [2.45, 2.75) is 13.1 Å². The Hall–Kier alpha value is -3.52. The fourth-order valence-electron chi connectivity index (χ4n) is 3.82. The van der Waals surface area contributed by atoms with Gasteiger partial charge in [0.05, 0.1) is 28.6 Å². The summed E-state index contributed by atoms with van der Waals surface area (Å²) in [5, 5.41) is 10.8. The fraction of sp³-hybridized carbons (Fsp3) is 0.217. The number of aromatic nitrogens is 1. The number of nitrogens with one attached hydrogen (secondary N) is 2. The van der Waals surface area contributed by atoms with Crippen LogP contribution in [0.4, 0.5) is 11.4 Å². The van der Waals surface area contributed by atoms with Crippen LogP contribution in [0.3, 0.4) is 0 Å². The van der Waals surface area contributed by atoms with Gasteiger partial charge in [-0.05, 0) is 35.9 Å². The van der Waals surface area contributed by atoms with Gasteiger partial charge in [-0.3, -0.25) is 29.4 Å². The van der Waals surface area contributed by atoms with Gasteiger partial charge in [0, 0.05) is 29.7 Å². The monoisotopic (exact) mass is 563 g/mol. The molecule has 3 aromatic rings. The molecule has 0 spiro atoms. The Morgan fingerprint density at radius 3 is 2.70 bits per heavy atom. The lowest BCUT2D eigenvalue weighted by molar-refractivity contribution is 0.0762. The molecule has 0 bridgehead atoms. The number of ether oxygens (including phenoxy) is 1. The summed E-state index contributed by atoms with van der Waals surface area (Å²) in [7, 11) is -3.67. The van der Waals surface area contributed by atoms with E-state index in [0.717, 1.165) is 11.3 Å². The average molecular weight is 564 g/mol. The first-order valence-electron chi connectivity index (χ1n) is 10.8. The number of anilines is 2. The predicted molar refractivity (Wildman–Crippen MR) is 140 cm³/mol. The number of halogens is 1. The molecule has 14 heteroatoms. The molecule has 0 atom stereocenters. The summed E-state index contributed by atoms with van der Waals surface area (Å²) in [5.74, 6) is -0.456. The van der Waals surface area contributed by atoms with Crippen LogP contribution in [0.1, 0.15) is 31.3 Å². The smallest absolute Gasteiger partial charge is 0.289 e. The van der Waals surface area contributed by atoms with Crippen molar-refractivity contribution in [2.24, 2.45) is 0 Å². The first-order valence-corrected chi connectivity index (χ1v) is 13.9. The highest BCUT2D eigenvalue weighted by Crippen LogP contribution is 2.31. The lowest BCUT2D eigenvalue weighted by Gasteiger charge is -2.19. The zero-order valence-electron chi connectivity index (χ0n) is 19.5. The first kappa shape index (κ1) is 26.5. The Morgan fingerprint density at radius 2 is 2.05 bits per heavy atom. The molecule has 1 saturated heterocycles. The van der Waals surface area contributed by atoms with E-state index >= 15 is 0 Å².